The number of thiazole rings is 1. The van der Waals surface area contributed by atoms with Crippen molar-refractivity contribution in [2.24, 2.45) is 0 Å². The summed E-state index contributed by atoms with van der Waals surface area (Å²) in [5, 5.41) is 10.5. The Labute approximate surface area is 138 Å². The summed E-state index contributed by atoms with van der Waals surface area (Å²) in [5.41, 5.74) is 1.79. The summed E-state index contributed by atoms with van der Waals surface area (Å²) in [6.07, 6.45) is 0.314. The number of nitrogens with zero attached hydrogens (tertiary/aromatic N) is 3. The second kappa shape index (κ2) is 7.97. The van der Waals surface area contributed by atoms with E-state index in [4.69, 9.17) is 5.26 Å². The first-order chi connectivity index (χ1) is 10.6. The van der Waals surface area contributed by atoms with Crippen molar-refractivity contribution >= 4 is 34.7 Å². The minimum absolute atomic E-state index is 0.000645. The molecule has 0 N–H and O–H groups in total. The molecule has 6 heteroatoms. The van der Waals surface area contributed by atoms with Gasteiger partial charge in [-0.25, -0.2) is 4.98 Å². The van der Waals surface area contributed by atoms with E-state index < -0.39 is 0 Å². The largest absolute Gasteiger partial charge is 0.310 e. The average Bonchev–Trinajstić information content (AvgIpc) is 2.93. The number of carbonyl (C=O) groups excluding carboxylic acids is 1. The third-order valence-corrected chi connectivity index (χ3v) is 5.18. The molecule has 1 amide bonds. The molecule has 2 aromatic rings. The molecular weight excluding hydrogens is 314 g/mol. The van der Waals surface area contributed by atoms with Crippen LogP contribution in [-0.2, 0) is 4.79 Å². The highest BCUT2D eigenvalue weighted by Gasteiger charge is 2.23. The van der Waals surface area contributed by atoms with Crippen LogP contribution in [0.15, 0.2) is 40.1 Å². The smallest absolute Gasteiger partial charge is 0.240 e. The van der Waals surface area contributed by atoms with Crippen LogP contribution in [0, 0.1) is 18.3 Å². The summed E-state index contributed by atoms with van der Waals surface area (Å²) in [7, 11) is 0. The SMILES string of the molecule is Cc1csc(S[C@@H](C)C(=O)N(CCC#N)c2ccccc2)n1. The maximum Gasteiger partial charge on any atom is 0.240 e. The third kappa shape index (κ3) is 4.33. The number of thioether (sulfide) groups is 1. The molecule has 2 rings (SSSR count). The van der Waals surface area contributed by atoms with Crippen molar-refractivity contribution in [3.05, 3.63) is 41.4 Å². The number of carbonyl (C=O) groups is 1. The second-order valence-corrected chi connectivity index (χ2v) is 7.19. The van der Waals surface area contributed by atoms with Gasteiger partial charge in [-0.2, -0.15) is 5.26 Å². The van der Waals surface area contributed by atoms with Crippen molar-refractivity contribution in [3.63, 3.8) is 0 Å². The van der Waals surface area contributed by atoms with Crippen LogP contribution in [0.2, 0.25) is 0 Å². The highest BCUT2D eigenvalue weighted by atomic mass is 32.2. The monoisotopic (exact) mass is 331 g/mol. The molecule has 0 bridgehead atoms. The van der Waals surface area contributed by atoms with Gasteiger partial charge in [0.05, 0.1) is 17.7 Å². The van der Waals surface area contributed by atoms with Crippen LogP contribution in [0.3, 0.4) is 0 Å². The van der Waals surface area contributed by atoms with E-state index in [1.54, 1.807) is 16.2 Å². The zero-order valence-electron chi connectivity index (χ0n) is 12.5. The molecule has 1 aromatic heterocycles. The zero-order chi connectivity index (χ0) is 15.9. The molecule has 114 valence electrons. The highest BCUT2D eigenvalue weighted by Crippen LogP contribution is 2.28. The Morgan fingerprint density at radius 3 is 2.77 bits per heavy atom. The minimum Gasteiger partial charge on any atom is -0.310 e. The Balaban J connectivity index is 2.12. The van der Waals surface area contributed by atoms with Gasteiger partial charge in [-0.1, -0.05) is 30.0 Å². The quantitative estimate of drug-likeness (QED) is 0.754. The molecule has 0 aliphatic carbocycles. The van der Waals surface area contributed by atoms with E-state index in [0.717, 1.165) is 15.7 Å². The molecule has 22 heavy (non-hydrogen) atoms. The van der Waals surface area contributed by atoms with E-state index in [1.807, 2.05) is 49.6 Å². The van der Waals surface area contributed by atoms with Crippen LogP contribution in [0.1, 0.15) is 19.0 Å². The Bertz CT molecular complexity index is 664. The summed E-state index contributed by atoms with van der Waals surface area (Å²) in [6.45, 7) is 4.23. The fourth-order valence-corrected chi connectivity index (χ4v) is 3.99. The maximum atomic E-state index is 12.7. The Morgan fingerprint density at radius 1 is 1.45 bits per heavy atom. The molecule has 0 spiro atoms. The molecule has 0 radical (unpaired) electrons. The van der Waals surface area contributed by atoms with E-state index in [1.165, 1.54) is 11.8 Å². The molecule has 0 unspecified atom stereocenters. The van der Waals surface area contributed by atoms with Crippen molar-refractivity contribution in [2.45, 2.75) is 29.9 Å². The molecule has 0 aliphatic rings. The summed E-state index contributed by atoms with van der Waals surface area (Å²) in [4.78, 5) is 18.8. The molecule has 4 nitrogen and oxygen atoms in total. The van der Waals surface area contributed by atoms with Crippen molar-refractivity contribution in [2.75, 3.05) is 11.4 Å². The molecule has 1 aromatic carbocycles. The molecule has 1 atom stereocenters. The fourth-order valence-electron chi connectivity index (χ4n) is 1.94. The molecule has 1 heterocycles. The number of aromatic nitrogens is 1. The van der Waals surface area contributed by atoms with Gasteiger partial charge in [-0.3, -0.25) is 4.79 Å². The molecule has 0 fully saturated rings. The fraction of sp³-hybridized carbons (Fsp3) is 0.312. The lowest BCUT2D eigenvalue weighted by molar-refractivity contribution is -0.117. The van der Waals surface area contributed by atoms with Gasteiger partial charge in [-0.05, 0) is 26.0 Å². The van der Waals surface area contributed by atoms with Gasteiger partial charge in [0, 0.05) is 23.3 Å². The number of hydrogen-bond donors (Lipinski definition) is 0. The molecule has 0 saturated carbocycles. The van der Waals surface area contributed by atoms with Gasteiger partial charge in [0.15, 0.2) is 4.34 Å². The number of benzene rings is 1. The van der Waals surface area contributed by atoms with Gasteiger partial charge < -0.3 is 4.90 Å². The Hall–Kier alpha value is -1.84. The number of hydrogen-bond acceptors (Lipinski definition) is 5. The molecule has 0 aliphatic heterocycles. The first kappa shape index (κ1) is 16.5. The standard InChI is InChI=1S/C16H17N3OS2/c1-12-11-21-16(18-12)22-13(2)15(20)19(10-6-9-17)14-7-4-3-5-8-14/h3-5,7-8,11,13H,6,10H2,1-2H3/t13-/m0/s1. The number of amides is 1. The van der Waals surface area contributed by atoms with E-state index in [0.29, 0.717) is 13.0 Å². The van der Waals surface area contributed by atoms with Gasteiger partial charge in [0.25, 0.3) is 0 Å². The summed E-state index contributed by atoms with van der Waals surface area (Å²) in [5.74, 6) is -0.000645. The number of rotatable bonds is 6. The lowest BCUT2D eigenvalue weighted by Gasteiger charge is -2.24. The molecular formula is C16H17N3OS2. The minimum atomic E-state index is -0.246. The lowest BCUT2D eigenvalue weighted by atomic mass is 10.2. The van der Waals surface area contributed by atoms with Gasteiger partial charge in [0.1, 0.15) is 0 Å². The van der Waals surface area contributed by atoms with Crippen LogP contribution in [0.4, 0.5) is 5.69 Å². The Morgan fingerprint density at radius 2 is 2.18 bits per heavy atom. The topological polar surface area (TPSA) is 57.0 Å². The number of anilines is 1. The van der Waals surface area contributed by atoms with E-state index >= 15 is 0 Å². The summed E-state index contributed by atoms with van der Waals surface area (Å²) in [6, 6.07) is 11.6. The van der Waals surface area contributed by atoms with E-state index in [9.17, 15) is 4.79 Å². The van der Waals surface area contributed by atoms with Crippen LogP contribution < -0.4 is 4.90 Å². The van der Waals surface area contributed by atoms with Crippen molar-refractivity contribution in [3.8, 4) is 6.07 Å². The average molecular weight is 331 g/mol. The second-order valence-electron chi connectivity index (χ2n) is 4.75. The predicted octanol–water partition coefficient (Wildman–Crippen LogP) is 3.88. The van der Waals surface area contributed by atoms with Gasteiger partial charge in [0.2, 0.25) is 5.91 Å². The van der Waals surface area contributed by atoms with Crippen molar-refractivity contribution in [1.29, 1.82) is 5.26 Å². The van der Waals surface area contributed by atoms with Crippen LogP contribution in [0.25, 0.3) is 0 Å². The predicted molar refractivity (Wildman–Crippen MR) is 91.2 cm³/mol. The van der Waals surface area contributed by atoms with Crippen molar-refractivity contribution < 1.29 is 4.79 Å². The normalized spacial score (nSPS) is 11.7. The Kier molecular flexibility index (Phi) is 5.99. The third-order valence-electron chi connectivity index (χ3n) is 3.00. The molecule has 0 saturated heterocycles. The number of aryl methyl sites for hydroxylation is 1. The van der Waals surface area contributed by atoms with Gasteiger partial charge >= 0.3 is 0 Å². The number of nitriles is 1. The number of para-hydroxylation sites is 1. The van der Waals surface area contributed by atoms with Crippen molar-refractivity contribution in [1.82, 2.24) is 4.98 Å². The van der Waals surface area contributed by atoms with E-state index in [-0.39, 0.29) is 11.2 Å². The zero-order valence-corrected chi connectivity index (χ0v) is 14.2. The first-order valence-electron chi connectivity index (χ1n) is 6.94. The van der Waals surface area contributed by atoms with Crippen LogP contribution >= 0.6 is 23.1 Å². The lowest BCUT2D eigenvalue weighted by Crippen LogP contribution is -2.37. The van der Waals surface area contributed by atoms with Crippen LogP contribution in [0.5, 0.6) is 0 Å². The summed E-state index contributed by atoms with van der Waals surface area (Å²) >= 11 is 3.01. The van der Waals surface area contributed by atoms with Gasteiger partial charge in [-0.15, -0.1) is 11.3 Å². The van der Waals surface area contributed by atoms with E-state index in [2.05, 4.69) is 11.1 Å². The highest BCUT2D eigenvalue weighted by molar-refractivity contribution is 8.02. The summed E-state index contributed by atoms with van der Waals surface area (Å²) < 4.78 is 0.895. The van der Waals surface area contributed by atoms with Crippen LogP contribution in [-0.4, -0.2) is 22.7 Å². The first-order valence-corrected chi connectivity index (χ1v) is 8.70. The maximum absolute atomic E-state index is 12.7.